The van der Waals surface area contributed by atoms with Crippen LogP contribution in [0.4, 0.5) is 5.69 Å². The summed E-state index contributed by atoms with van der Waals surface area (Å²) in [6.45, 7) is 11.2. The van der Waals surface area contributed by atoms with E-state index < -0.39 is 0 Å². The molecule has 0 spiro atoms. The predicted octanol–water partition coefficient (Wildman–Crippen LogP) is 2.32. The van der Waals surface area contributed by atoms with Gasteiger partial charge in [0.2, 0.25) is 0 Å². The van der Waals surface area contributed by atoms with Crippen molar-refractivity contribution in [3.63, 3.8) is 0 Å². The molecule has 0 aliphatic carbocycles. The van der Waals surface area contributed by atoms with E-state index in [-0.39, 0.29) is 11.9 Å². The van der Waals surface area contributed by atoms with Crippen LogP contribution in [-0.4, -0.2) is 50.2 Å². The SMILES string of the molecule is CCOC(=O)C(C)CN1CCN(c2cccc(C)c2)CC1. The largest absolute Gasteiger partial charge is 0.466 e. The second kappa shape index (κ2) is 7.46. The Hall–Kier alpha value is -1.55. The topological polar surface area (TPSA) is 32.8 Å². The number of hydrogen-bond acceptors (Lipinski definition) is 4. The van der Waals surface area contributed by atoms with E-state index in [1.807, 2.05) is 13.8 Å². The molecule has 4 heteroatoms. The summed E-state index contributed by atoms with van der Waals surface area (Å²) in [6.07, 6.45) is 0. The van der Waals surface area contributed by atoms with E-state index in [9.17, 15) is 4.79 Å². The molecular formula is C17H26N2O2. The maximum Gasteiger partial charge on any atom is 0.309 e. The van der Waals surface area contributed by atoms with Crippen molar-refractivity contribution in [3.05, 3.63) is 29.8 Å². The molecule has 1 unspecified atom stereocenters. The van der Waals surface area contributed by atoms with Crippen molar-refractivity contribution >= 4 is 11.7 Å². The molecule has 116 valence electrons. The van der Waals surface area contributed by atoms with E-state index >= 15 is 0 Å². The Kier molecular flexibility index (Phi) is 5.62. The van der Waals surface area contributed by atoms with Crippen molar-refractivity contribution in [2.75, 3.05) is 44.2 Å². The first-order valence-electron chi connectivity index (χ1n) is 7.80. The fraction of sp³-hybridized carbons (Fsp3) is 0.588. The van der Waals surface area contributed by atoms with Gasteiger partial charge in [-0.05, 0) is 31.5 Å². The third-order valence-electron chi connectivity index (χ3n) is 3.96. The number of hydrogen-bond donors (Lipinski definition) is 0. The first-order chi connectivity index (χ1) is 10.1. The molecule has 0 amide bonds. The molecule has 1 aromatic rings. The van der Waals surface area contributed by atoms with Crippen LogP contribution in [0.15, 0.2) is 24.3 Å². The highest BCUT2D eigenvalue weighted by Crippen LogP contribution is 2.18. The van der Waals surface area contributed by atoms with Crippen LogP contribution in [0.5, 0.6) is 0 Å². The van der Waals surface area contributed by atoms with E-state index in [2.05, 4.69) is 41.0 Å². The maximum atomic E-state index is 11.7. The van der Waals surface area contributed by atoms with Crippen LogP contribution < -0.4 is 4.90 Å². The van der Waals surface area contributed by atoms with Gasteiger partial charge in [-0.3, -0.25) is 9.69 Å². The van der Waals surface area contributed by atoms with Crippen LogP contribution in [0.1, 0.15) is 19.4 Å². The zero-order valence-corrected chi connectivity index (χ0v) is 13.3. The molecule has 1 aliphatic heterocycles. The van der Waals surface area contributed by atoms with Crippen LogP contribution in [-0.2, 0) is 9.53 Å². The lowest BCUT2D eigenvalue weighted by molar-refractivity contribution is -0.148. The number of carbonyl (C=O) groups excluding carboxylic acids is 1. The van der Waals surface area contributed by atoms with E-state index in [0.29, 0.717) is 6.61 Å². The molecule has 1 aliphatic rings. The summed E-state index contributed by atoms with van der Waals surface area (Å²) in [7, 11) is 0. The Labute approximate surface area is 127 Å². The van der Waals surface area contributed by atoms with E-state index in [4.69, 9.17) is 4.74 Å². The Bertz CT molecular complexity index is 468. The summed E-state index contributed by atoms with van der Waals surface area (Å²) in [4.78, 5) is 16.5. The Morgan fingerprint density at radius 2 is 2.00 bits per heavy atom. The molecule has 0 saturated carbocycles. The fourth-order valence-electron chi connectivity index (χ4n) is 2.76. The van der Waals surface area contributed by atoms with E-state index in [1.165, 1.54) is 11.3 Å². The zero-order valence-electron chi connectivity index (χ0n) is 13.3. The van der Waals surface area contributed by atoms with E-state index in [0.717, 1.165) is 32.7 Å². The number of nitrogens with zero attached hydrogens (tertiary/aromatic N) is 2. The van der Waals surface area contributed by atoms with Gasteiger partial charge < -0.3 is 9.64 Å². The maximum absolute atomic E-state index is 11.7. The van der Waals surface area contributed by atoms with Crippen molar-refractivity contribution < 1.29 is 9.53 Å². The molecule has 1 aromatic carbocycles. The molecule has 2 rings (SSSR count). The number of rotatable bonds is 5. The van der Waals surface area contributed by atoms with Gasteiger partial charge in [-0.25, -0.2) is 0 Å². The lowest BCUT2D eigenvalue weighted by Gasteiger charge is -2.37. The minimum atomic E-state index is -0.0846. The molecule has 0 aromatic heterocycles. The normalized spacial score (nSPS) is 17.6. The Balaban J connectivity index is 1.82. The number of benzene rings is 1. The summed E-state index contributed by atoms with van der Waals surface area (Å²) in [5, 5.41) is 0. The molecule has 21 heavy (non-hydrogen) atoms. The monoisotopic (exact) mass is 290 g/mol. The summed E-state index contributed by atoms with van der Waals surface area (Å²) < 4.78 is 5.07. The van der Waals surface area contributed by atoms with Gasteiger partial charge >= 0.3 is 5.97 Å². The minimum absolute atomic E-state index is 0.0459. The van der Waals surface area contributed by atoms with Crippen molar-refractivity contribution in [1.29, 1.82) is 0 Å². The van der Waals surface area contributed by atoms with Gasteiger partial charge in [0.05, 0.1) is 12.5 Å². The van der Waals surface area contributed by atoms with Gasteiger partial charge in [-0.15, -0.1) is 0 Å². The summed E-state index contributed by atoms with van der Waals surface area (Å²) in [6, 6.07) is 8.64. The molecule has 0 radical (unpaired) electrons. The molecule has 0 bridgehead atoms. The van der Waals surface area contributed by atoms with E-state index in [1.54, 1.807) is 0 Å². The van der Waals surface area contributed by atoms with Crippen molar-refractivity contribution in [2.45, 2.75) is 20.8 Å². The van der Waals surface area contributed by atoms with Gasteiger partial charge in [0.15, 0.2) is 0 Å². The molecule has 1 fully saturated rings. The van der Waals surface area contributed by atoms with Gasteiger partial charge in [-0.2, -0.15) is 0 Å². The van der Waals surface area contributed by atoms with Crippen LogP contribution in [0, 0.1) is 12.8 Å². The van der Waals surface area contributed by atoms with Crippen molar-refractivity contribution in [3.8, 4) is 0 Å². The highest BCUT2D eigenvalue weighted by molar-refractivity contribution is 5.72. The summed E-state index contributed by atoms with van der Waals surface area (Å²) in [5.74, 6) is -0.130. The molecule has 1 saturated heterocycles. The van der Waals surface area contributed by atoms with Crippen LogP contribution in [0.2, 0.25) is 0 Å². The predicted molar refractivity (Wildman–Crippen MR) is 85.6 cm³/mol. The Morgan fingerprint density at radius 3 is 2.62 bits per heavy atom. The molecule has 1 heterocycles. The third kappa shape index (κ3) is 4.46. The number of piperazine rings is 1. The lowest BCUT2D eigenvalue weighted by atomic mass is 10.1. The number of aryl methyl sites for hydroxylation is 1. The van der Waals surface area contributed by atoms with Gasteiger partial charge in [0.25, 0.3) is 0 Å². The average molecular weight is 290 g/mol. The third-order valence-corrected chi connectivity index (χ3v) is 3.96. The number of esters is 1. The number of carbonyl (C=O) groups is 1. The second-order valence-electron chi connectivity index (χ2n) is 5.78. The van der Waals surface area contributed by atoms with Crippen LogP contribution >= 0.6 is 0 Å². The second-order valence-corrected chi connectivity index (χ2v) is 5.78. The molecule has 0 N–H and O–H groups in total. The molecule has 4 nitrogen and oxygen atoms in total. The highest BCUT2D eigenvalue weighted by atomic mass is 16.5. The number of anilines is 1. The minimum Gasteiger partial charge on any atom is -0.466 e. The van der Waals surface area contributed by atoms with Crippen LogP contribution in [0.3, 0.4) is 0 Å². The van der Waals surface area contributed by atoms with Gasteiger partial charge in [-0.1, -0.05) is 19.1 Å². The quantitative estimate of drug-likeness (QED) is 0.779. The average Bonchev–Trinajstić information content (AvgIpc) is 2.48. The fourth-order valence-corrected chi connectivity index (χ4v) is 2.76. The molecular weight excluding hydrogens is 264 g/mol. The summed E-state index contributed by atoms with van der Waals surface area (Å²) in [5.41, 5.74) is 2.60. The Morgan fingerprint density at radius 1 is 1.29 bits per heavy atom. The molecule has 1 atom stereocenters. The lowest BCUT2D eigenvalue weighted by Crippen LogP contribution is -2.48. The van der Waals surface area contributed by atoms with Gasteiger partial charge in [0, 0.05) is 38.4 Å². The van der Waals surface area contributed by atoms with Gasteiger partial charge in [0.1, 0.15) is 0 Å². The highest BCUT2D eigenvalue weighted by Gasteiger charge is 2.22. The smallest absolute Gasteiger partial charge is 0.309 e. The number of ether oxygens (including phenoxy) is 1. The standard InChI is InChI=1S/C17H26N2O2/c1-4-21-17(20)15(3)13-18-8-10-19(11-9-18)16-7-5-6-14(2)12-16/h5-7,12,15H,4,8-11,13H2,1-3H3. The first-order valence-corrected chi connectivity index (χ1v) is 7.80. The van der Waals surface area contributed by atoms with Crippen molar-refractivity contribution in [2.24, 2.45) is 5.92 Å². The van der Waals surface area contributed by atoms with Crippen LogP contribution in [0.25, 0.3) is 0 Å². The summed E-state index contributed by atoms with van der Waals surface area (Å²) >= 11 is 0. The first kappa shape index (κ1) is 15.8. The van der Waals surface area contributed by atoms with Crippen molar-refractivity contribution in [1.82, 2.24) is 4.90 Å². The zero-order chi connectivity index (χ0) is 15.2.